The Labute approximate surface area is 81.5 Å². The number of likely N-dealkylation sites (tertiary alicyclic amines) is 1. The maximum atomic E-state index is 2.78. The van der Waals surface area contributed by atoms with Gasteiger partial charge in [0.05, 0.1) is 0 Å². The topological polar surface area (TPSA) is 3.24 Å². The van der Waals surface area contributed by atoms with E-state index in [9.17, 15) is 0 Å². The third kappa shape index (κ3) is 1.52. The van der Waals surface area contributed by atoms with E-state index in [2.05, 4.69) is 4.90 Å². The third-order valence-corrected chi connectivity index (χ3v) is 4.45. The van der Waals surface area contributed by atoms with Crippen LogP contribution in [0.4, 0.5) is 0 Å². The van der Waals surface area contributed by atoms with Crippen molar-refractivity contribution in [3.05, 3.63) is 0 Å². The highest BCUT2D eigenvalue weighted by atomic mass is 15.2. The summed E-state index contributed by atoms with van der Waals surface area (Å²) in [6, 6.07) is 1.02. The lowest BCUT2D eigenvalue weighted by molar-refractivity contribution is 0.183. The van der Waals surface area contributed by atoms with Crippen LogP contribution in [0, 0.1) is 5.41 Å². The van der Waals surface area contributed by atoms with Gasteiger partial charge in [-0.2, -0.15) is 0 Å². The van der Waals surface area contributed by atoms with Gasteiger partial charge in [-0.1, -0.05) is 19.3 Å². The second-order valence-corrected chi connectivity index (χ2v) is 5.51. The summed E-state index contributed by atoms with van der Waals surface area (Å²) in [6.07, 6.45) is 12.1. The molecule has 3 fully saturated rings. The van der Waals surface area contributed by atoms with Gasteiger partial charge in [-0.25, -0.2) is 0 Å². The predicted octanol–water partition coefficient (Wildman–Crippen LogP) is 2.81. The lowest BCUT2D eigenvalue weighted by atomic mass is 9.73. The van der Waals surface area contributed by atoms with E-state index in [0.717, 1.165) is 11.5 Å². The van der Waals surface area contributed by atoms with E-state index in [1.165, 1.54) is 64.5 Å². The van der Waals surface area contributed by atoms with Gasteiger partial charge in [0.25, 0.3) is 0 Å². The van der Waals surface area contributed by atoms with Crippen LogP contribution in [-0.2, 0) is 0 Å². The van der Waals surface area contributed by atoms with E-state index in [-0.39, 0.29) is 0 Å². The van der Waals surface area contributed by atoms with Crippen molar-refractivity contribution in [1.82, 2.24) is 4.90 Å². The van der Waals surface area contributed by atoms with Crippen LogP contribution >= 0.6 is 0 Å². The summed E-state index contributed by atoms with van der Waals surface area (Å²) in [5, 5.41) is 0. The van der Waals surface area contributed by atoms with Gasteiger partial charge in [-0.3, -0.25) is 4.90 Å². The smallest absolute Gasteiger partial charge is 0.00966 e. The van der Waals surface area contributed by atoms with Crippen molar-refractivity contribution in [1.29, 1.82) is 0 Å². The molecule has 1 heteroatoms. The highest BCUT2D eigenvalue weighted by Crippen LogP contribution is 2.46. The Kier molecular flexibility index (Phi) is 1.90. The molecule has 2 aliphatic carbocycles. The minimum atomic E-state index is 0.792. The Balaban J connectivity index is 1.64. The van der Waals surface area contributed by atoms with E-state index in [0.29, 0.717) is 0 Å². The lowest BCUT2D eigenvalue weighted by Crippen LogP contribution is -2.30. The molecule has 3 aliphatic rings. The van der Waals surface area contributed by atoms with Crippen molar-refractivity contribution in [3.8, 4) is 0 Å². The zero-order valence-corrected chi connectivity index (χ0v) is 8.60. The highest BCUT2D eigenvalue weighted by Gasteiger charge is 2.43. The molecule has 0 bridgehead atoms. The van der Waals surface area contributed by atoms with Crippen molar-refractivity contribution >= 4 is 0 Å². The molecule has 0 radical (unpaired) electrons. The summed E-state index contributed by atoms with van der Waals surface area (Å²) in [6.45, 7) is 2.88. The summed E-state index contributed by atoms with van der Waals surface area (Å²) in [4.78, 5) is 2.78. The van der Waals surface area contributed by atoms with E-state index < -0.39 is 0 Å². The minimum Gasteiger partial charge on any atom is -0.300 e. The zero-order valence-electron chi connectivity index (χ0n) is 8.60. The van der Waals surface area contributed by atoms with Crippen LogP contribution in [0.15, 0.2) is 0 Å². The van der Waals surface area contributed by atoms with Crippen LogP contribution in [0.2, 0.25) is 0 Å². The first-order chi connectivity index (χ1) is 6.38. The molecule has 2 saturated carbocycles. The maximum absolute atomic E-state index is 2.78. The molecule has 1 saturated heterocycles. The second kappa shape index (κ2) is 2.98. The molecule has 1 nitrogen and oxygen atoms in total. The zero-order chi connectivity index (χ0) is 8.73. The van der Waals surface area contributed by atoms with Gasteiger partial charge >= 0.3 is 0 Å². The average Bonchev–Trinajstić information content (AvgIpc) is 2.93. The van der Waals surface area contributed by atoms with Gasteiger partial charge in [0.2, 0.25) is 0 Å². The average molecular weight is 179 g/mol. The van der Waals surface area contributed by atoms with Gasteiger partial charge in [0.1, 0.15) is 0 Å². The molecule has 0 aromatic carbocycles. The molecular formula is C12H21N. The van der Waals surface area contributed by atoms with Crippen LogP contribution in [0.3, 0.4) is 0 Å². The molecule has 0 aromatic rings. The molecule has 74 valence electrons. The summed E-state index contributed by atoms with van der Waals surface area (Å²) < 4.78 is 0. The van der Waals surface area contributed by atoms with Crippen LogP contribution in [0.1, 0.15) is 51.4 Å². The van der Waals surface area contributed by atoms with Crippen LogP contribution in [0.5, 0.6) is 0 Å². The van der Waals surface area contributed by atoms with Gasteiger partial charge in [0, 0.05) is 12.6 Å². The van der Waals surface area contributed by atoms with Crippen molar-refractivity contribution in [2.75, 3.05) is 13.1 Å². The first-order valence-corrected chi connectivity index (χ1v) is 6.12. The third-order valence-electron chi connectivity index (χ3n) is 4.45. The number of hydrogen-bond acceptors (Lipinski definition) is 1. The van der Waals surface area contributed by atoms with Crippen molar-refractivity contribution in [3.63, 3.8) is 0 Å². The van der Waals surface area contributed by atoms with E-state index in [1.807, 2.05) is 0 Å². The molecule has 0 aromatic heterocycles. The lowest BCUT2D eigenvalue weighted by Gasteiger charge is -2.33. The Bertz CT molecular complexity index is 189. The second-order valence-electron chi connectivity index (χ2n) is 5.51. The maximum Gasteiger partial charge on any atom is 0.00966 e. The summed E-state index contributed by atoms with van der Waals surface area (Å²) >= 11 is 0. The van der Waals surface area contributed by atoms with Gasteiger partial charge in [0.15, 0.2) is 0 Å². The van der Waals surface area contributed by atoms with Crippen LogP contribution in [-0.4, -0.2) is 24.0 Å². The number of rotatable bonds is 1. The molecule has 13 heavy (non-hydrogen) atoms. The Morgan fingerprint density at radius 1 is 0.923 bits per heavy atom. The first kappa shape index (κ1) is 8.28. The Morgan fingerprint density at radius 3 is 2.38 bits per heavy atom. The largest absolute Gasteiger partial charge is 0.300 e. The molecule has 3 rings (SSSR count). The standard InChI is InChI=1S/C12H21N/c1-2-6-12(7-3-1)8-9-13(10-12)11-4-5-11/h11H,1-10H2. The number of nitrogens with zero attached hydrogens (tertiary/aromatic N) is 1. The normalized spacial score (nSPS) is 34.2. The van der Waals surface area contributed by atoms with Crippen molar-refractivity contribution in [2.45, 2.75) is 57.4 Å². The minimum absolute atomic E-state index is 0.792. The summed E-state index contributed by atoms with van der Waals surface area (Å²) in [5.41, 5.74) is 0.792. The van der Waals surface area contributed by atoms with Crippen molar-refractivity contribution in [2.24, 2.45) is 5.41 Å². The van der Waals surface area contributed by atoms with Gasteiger partial charge in [-0.15, -0.1) is 0 Å². The molecule has 0 amide bonds. The Hall–Kier alpha value is -0.0400. The molecule has 1 spiro atoms. The Morgan fingerprint density at radius 2 is 1.69 bits per heavy atom. The fourth-order valence-corrected chi connectivity index (χ4v) is 3.43. The summed E-state index contributed by atoms with van der Waals surface area (Å²) in [7, 11) is 0. The van der Waals surface area contributed by atoms with Crippen LogP contribution < -0.4 is 0 Å². The molecule has 0 atom stereocenters. The van der Waals surface area contributed by atoms with E-state index in [4.69, 9.17) is 0 Å². The SMILES string of the molecule is C1CCC2(CC1)CCN(C1CC1)C2. The van der Waals surface area contributed by atoms with Crippen LogP contribution in [0.25, 0.3) is 0 Å². The molecule has 1 heterocycles. The highest BCUT2D eigenvalue weighted by molar-refractivity contribution is 4.97. The van der Waals surface area contributed by atoms with E-state index >= 15 is 0 Å². The fraction of sp³-hybridized carbons (Fsp3) is 1.00. The van der Waals surface area contributed by atoms with Crippen molar-refractivity contribution < 1.29 is 0 Å². The quantitative estimate of drug-likeness (QED) is 0.598. The molecule has 0 unspecified atom stereocenters. The van der Waals surface area contributed by atoms with E-state index in [1.54, 1.807) is 0 Å². The first-order valence-electron chi connectivity index (χ1n) is 6.12. The molecule has 1 aliphatic heterocycles. The van der Waals surface area contributed by atoms with Gasteiger partial charge < -0.3 is 0 Å². The molecular weight excluding hydrogens is 158 g/mol. The molecule has 0 N–H and O–H groups in total. The fourth-order valence-electron chi connectivity index (χ4n) is 3.43. The predicted molar refractivity (Wildman–Crippen MR) is 54.7 cm³/mol. The van der Waals surface area contributed by atoms with Gasteiger partial charge in [-0.05, 0) is 44.1 Å². The number of hydrogen-bond donors (Lipinski definition) is 0. The summed E-state index contributed by atoms with van der Waals surface area (Å²) in [5.74, 6) is 0. The monoisotopic (exact) mass is 179 g/mol.